The molecule has 0 aromatic heterocycles. The zero-order valence-corrected chi connectivity index (χ0v) is 11.0. The first-order chi connectivity index (χ1) is 8.31. The van der Waals surface area contributed by atoms with Crippen molar-refractivity contribution in [2.24, 2.45) is 17.3 Å². The van der Waals surface area contributed by atoms with E-state index in [1.54, 1.807) is 6.08 Å². The third kappa shape index (κ3) is 1.64. The van der Waals surface area contributed by atoms with E-state index in [-0.39, 0.29) is 5.97 Å². The molecule has 2 bridgehead atoms. The lowest BCUT2D eigenvalue weighted by Crippen LogP contribution is -2.45. The summed E-state index contributed by atoms with van der Waals surface area (Å²) in [5.41, 5.74) is 1.98. The molecule has 0 saturated heterocycles. The van der Waals surface area contributed by atoms with Crippen LogP contribution in [-0.4, -0.2) is 16.9 Å². The largest absolute Gasteiger partial charge is 0.426 e. The fourth-order valence-electron chi connectivity index (χ4n) is 3.88. The number of carbonyl (C=O) groups excluding carboxylic acids is 1. The first kappa shape index (κ1) is 12.0. The van der Waals surface area contributed by atoms with Crippen molar-refractivity contribution >= 4 is 5.97 Å². The number of esters is 1. The van der Waals surface area contributed by atoms with Crippen LogP contribution >= 0.6 is 0 Å². The normalized spacial score (nSPS) is 41.8. The molecule has 0 amide bonds. The molecule has 98 valence electrons. The standard InChI is InChI=1S/C15H20O3/c1-9-6-15(17)7-10(13(16)18-15)4-5-12-11(9)8-14(12,2)3/h7,11-12,17H,1,4-6,8H2,2-3H3/t11-,12-,15+/m1/s1. The van der Waals surface area contributed by atoms with Crippen LogP contribution in [0.25, 0.3) is 0 Å². The molecule has 1 fully saturated rings. The van der Waals surface area contributed by atoms with E-state index >= 15 is 0 Å². The Bertz CT molecular complexity index is 460. The van der Waals surface area contributed by atoms with Crippen LogP contribution in [0.1, 0.15) is 39.5 Å². The summed E-state index contributed by atoms with van der Waals surface area (Å²) in [6.45, 7) is 8.67. The molecule has 0 radical (unpaired) electrons. The maximum absolute atomic E-state index is 11.7. The fraction of sp³-hybridized carbons (Fsp3) is 0.667. The summed E-state index contributed by atoms with van der Waals surface area (Å²) in [6.07, 6.45) is 4.75. The summed E-state index contributed by atoms with van der Waals surface area (Å²) in [4.78, 5) is 11.7. The van der Waals surface area contributed by atoms with Crippen LogP contribution in [0.3, 0.4) is 0 Å². The third-order valence-electron chi connectivity index (χ3n) is 4.90. The third-order valence-corrected chi connectivity index (χ3v) is 4.90. The number of aliphatic hydroxyl groups is 1. The van der Waals surface area contributed by atoms with E-state index in [1.807, 2.05) is 0 Å². The molecule has 1 heterocycles. The summed E-state index contributed by atoms with van der Waals surface area (Å²) in [7, 11) is 0. The highest BCUT2D eigenvalue weighted by Gasteiger charge is 2.51. The average molecular weight is 248 g/mol. The highest BCUT2D eigenvalue weighted by molar-refractivity contribution is 5.91. The molecule has 3 rings (SSSR count). The predicted molar refractivity (Wildman–Crippen MR) is 67.5 cm³/mol. The Hall–Kier alpha value is -1.09. The first-order valence-electron chi connectivity index (χ1n) is 6.66. The van der Waals surface area contributed by atoms with Crippen molar-refractivity contribution in [2.75, 3.05) is 0 Å². The van der Waals surface area contributed by atoms with Gasteiger partial charge in [0.05, 0.1) is 0 Å². The number of ether oxygens (including phenoxy) is 1. The van der Waals surface area contributed by atoms with E-state index in [1.165, 1.54) is 0 Å². The second-order valence-electron chi connectivity index (χ2n) is 6.68. The van der Waals surface area contributed by atoms with Gasteiger partial charge in [-0.1, -0.05) is 26.0 Å². The summed E-state index contributed by atoms with van der Waals surface area (Å²) in [5, 5.41) is 10.3. The lowest BCUT2D eigenvalue weighted by Gasteiger charge is -2.53. The fourth-order valence-corrected chi connectivity index (χ4v) is 3.88. The van der Waals surface area contributed by atoms with Gasteiger partial charge >= 0.3 is 5.97 Å². The van der Waals surface area contributed by atoms with Gasteiger partial charge in [0.25, 0.3) is 0 Å². The maximum Gasteiger partial charge on any atom is 0.336 e. The van der Waals surface area contributed by atoms with Gasteiger partial charge in [0, 0.05) is 12.0 Å². The molecule has 3 aliphatic rings. The molecule has 0 aromatic rings. The van der Waals surface area contributed by atoms with Crippen LogP contribution in [0.15, 0.2) is 23.8 Å². The van der Waals surface area contributed by atoms with Gasteiger partial charge in [-0.25, -0.2) is 4.79 Å². The van der Waals surface area contributed by atoms with Crippen LogP contribution in [0, 0.1) is 17.3 Å². The van der Waals surface area contributed by atoms with Gasteiger partial charge in [-0.05, 0) is 42.6 Å². The van der Waals surface area contributed by atoms with Crippen molar-refractivity contribution in [2.45, 2.75) is 45.3 Å². The number of hydrogen-bond donors (Lipinski definition) is 1. The number of hydrogen-bond acceptors (Lipinski definition) is 3. The monoisotopic (exact) mass is 248 g/mol. The minimum atomic E-state index is -1.43. The molecule has 1 N–H and O–H groups in total. The Kier molecular flexibility index (Phi) is 2.31. The zero-order valence-electron chi connectivity index (χ0n) is 11.0. The summed E-state index contributed by atoms with van der Waals surface area (Å²) in [6, 6.07) is 0. The van der Waals surface area contributed by atoms with Crippen molar-refractivity contribution < 1.29 is 14.6 Å². The van der Waals surface area contributed by atoms with Crippen LogP contribution in [-0.2, 0) is 9.53 Å². The molecular formula is C15H20O3. The van der Waals surface area contributed by atoms with E-state index < -0.39 is 5.79 Å². The first-order valence-corrected chi connectivity index (χ1v) is 6.66. The lowest BCUT2D eigenvalue weighted by atomic mass is 9.52. The SMILES string of the molecule is C=C1C[C@@]2(O)C=C(CC[C@@H]3[C@@H]1CC3(C)C)C(=O)O2. The molecular weight excluding hydrogens is 228 g/mol. The van der Waals surface area contributed by atoms with Crippen LogP contribution in [0.2, 0.25) is 0 Å². The van der Waals surface area contributed by atoms with E-state index in [0.29, 0.717) is 35.7 Å². The topological polar surface area (TPSA) is 46.5 Å². The van der Waals surface area contributed by atoms with E-state index in [2.05, 4.69) is 20.4 Å². The van der Waals surface area contributed by atoms with Crippen molar-refractivity contribution in [1.29, 1.82) is 0 Å². The Balaban J connectivity index is 1.90. The van der Waals surface area contributed by atoms with E-state index in [9.17, 15) is 9.90 Å². The Morgan fingerprint density at radius 2 is 2.22 bits per heavy atom. The highest BCUT2D eigenvalue weighted by Crippen LogP contribution is 2.57. The van der Waals surface area contributed by atoms with Crippen molar-refractivity contribution in [3.8, 4) is 0 Å². The minimum Gasteiger partial charge on any atom is -0.426 e. The molecule has 0 spiro atoms. The number of carbonyl (C=O) groups is 1. The van der Waals surface area contributed by atoms with Gasteiger partial charge in [0.2, 0.25) is 5.79 Å². The molecule has 2 aliphatic carbocycles. The van der Waals surface area contributed by atoms with Crippen LogP contribution in [0.5, 0.6) is 0 Å². The van der Waals surface area contributed by atoms with Crippen LogP contribution in [0.4, 0.5) is 0 Å². The Morgan fingerprint density at radius 3 is 2.89 bits per heavy atom. The van der Waals surface area contributed by atoms with Crippen LogP contribution < -0.4 is 0 Å². The smallest absolute Gasteiger partial charge is 0.336 e. The summed E-state index contributed by atoms with van der Waals surface area (Å²) < 4.78 is 5.08. The molecule has 3 atom stereocenters. The number of rotatable bonds is 0. The molecule has 3 nitrogen and oxygen atoms in total. The zero-order chi connectivity index (χ0) is 13.1. The van der Waals surface area contributed by atoms with Crippen molar-refractivity contribution in [3.63, 3.8) is 0 Å². The predicted octanol–water partition coefficient (Wildman–Crippen LogP) is 2.56. The molecule has 18 heavy (non-hydrogen) atoms. The quantitative estimate of drug-likeness (QED) is 0.529. The van der Waals surface area contributed by atoms with Crippen molar-refractivity contribution in [3.05, 3.63) is 23.8 Å². The van der Waals surface area contributed by atoms with Gasteiger partial charge in [-0.15, -0.1) is 0 Å². The summed E-state index contributed by atoms with van der Waals surface area (Å²) >= 11 is 0. The highest BCUT2D eigenvalue weighted by atomic mass is 16.7. The van der Waals surface area contributed by atoms with Gasteiger partial charge < -0.3 is 9.84 Å². The molecule has 1 aliphatic heterocycles. The van der Waals surface area contributed by atoms with E-state index in [4.69, 9.17) is 4.74 Å². The minimum absolute atomic E-state index is 0.324. The second-order valence-corrected chi connectivity index (χ2v) is 6.68. The van der Waals surface area contributed by atoms with Gasteiger partial charge in [-0.2, -0.15) is 0 Å². The van der Waals surface area contributed by atoms with Crippen molar-refractivity contribution in [1.82, 2.24) is 0 Å². The Labute approximate surface area is 108 Å². The van der Waals surface area contributed by atoms with Gasteiger partial charge in [-0.3, -0.25) is 0 Å². The van der Waals surface area contributed by atoms with Gasteiger partial charge in [0.15, 0.2) is 0 Å². The maximum atomic E-state index is 11.7. The van der Waals surface area contributed by atoms with Gasteiger partial charge in [0.1, 0.15) is 0 Å². The average Bonchev–Trinajstić information content (AvgIpc) is 2.51. The van der Waals surface area contributed by atoms with E-state index in [0.717, 1.165) is 18.4 Å². The second kappa shape index (κ2) is 3.47. The Morgan fingerprint density at radius 1 is 1.50 bits per heavy atom. The molecule has 1 saturated carbocycles. The molecule has 0 aromatic carbocycles. The molecule has 0 unspecified atom stereocenters. The molecule has 3 heteroatoms. The summed E-state index contributed by atoms with van der Waals surface area (Å²) in [5.74, 6) is -0.753. The lowest BCUT2D eigenvalue weighted by molar-refractivity contribution is -0.179. The number of fused-ring (bicyclic) bond motifs is 2.